The van der Waals surface area contributed by atoms with E-state index in [0.29, 0.717) is 22.5 Å². The maximum Gasteiger partial charge on any atom is 0.240 e. The molecule has 1 aromatic heterocycles. The molecule has 8 nitrogen and oxygen atoms in total. The van der Waals surface area contributed by atoms with E-state index in [-0.39, 0.29) is 18.2 Å². The topological polar surface area (TPSA) is 90.3 Å². The lowest BCUT2D eigenvalue weighted by Crippen LogP contribution is -2.41. The summed E-state index contributed by atoms with van der Waals surface area (Å²) < 4.78 is 27.0. The molecule has 0 saturated heterocycles. The van der Waals surface area contributed by atoms with Crippen LogP contribution in [0.3, 0.4) is 0 Å². The monoisotopic (exact) mass is 491 g/mol. The molecule has 1 aliphatic rings. The lowest BCUT2D eigenvalue weighted by Gasteiger charge is -2.33. The molecule has 0 bridgehead atoms. The van der Waals surface area contributed by atoms with Gasteiger partial charge in [0.05, 0.1) is 18.8 Å². The maximum atomic E-state index is 14.2. The Morgan fingerprint density at radius 3 is 2.51 bits per heavy atom. The largest absolute Gasteiger partial charge is 0.497 e. The fourth-order valence-electron chi connectivity index (χ4n) is 3.68. The summed E-state index contributed by atoms with van der Waals surface area (Å²) in [5.74, 6) is 1.11. The number of halogens is 1. The van der Waals surface area contributed by atoms with E-state index in [0.717, 1.165) is 5.56 Å². The molecule has 0 aliphatic carbocycles. The molecule has 0 saturated carbocycles. The van der Waals surface area contributed by atoms with Gasteiger partial charge in [-0.3, -0.25) is 4.79 Å². The third kappa shape index (κ3) is 4.92. The van der Waals surface area contributed by atoms with Gasteiger partial charge in [-0.05, 0) is 42.0 Å². The van der Waals surface area contributed by atoms with Crippen LogP contribution in [0.15, 0.2) is 84.0 Å². The molecule has 35 heavy (non-hydrogen) atoms. The third-order valence-electron chi connectivity index (χ3n) is 5.48. The number of fused-ring (bicyclic) bond motifs is 1. The molecule has 2 N–H and O–H groups in total. The number of rotatable bonds is 7. The molecule has 0 fully saturated rings. The lowest BCUT2D eigenvalue weighted by molar-refractivity contribution is -0.116. The Labute approximate surface area is 205 Å². The van der Waals surface area contributed by atoms with Crippen molar-refractivity contribution in [3.8, 4) is 11.5 Å². The molecule has 1 amide bonds. The molecule has 0 radical (unpaired) electrons. The smallest absolute Gasteiger partial charge is 0.240 e. The Balaban J connectivity index is 1.43. The summed E-state index contributed by atoms with van der Waals surface area (Å²) in [7, 11) is 1.59. The standard InChI is InChI=1S/C25H22FN5O3S/c1-33-17-13-11-16(12-14-17)22-23(24(32)27-20-10-6-5-9-19(20)26)35-25-29-28-21(31(25)30-22)15-34-18-7-3-2-4-8-18/h2-14,22-23,30H,15H2,1H3,(H,27,32)/t22-,23-/m1/s1. The van der Waals surface area contributed by atoms with Gasteiger partial charge in [-0.2, -0.15) is 0 Å². The van der Waals surface area contributed by atoms with E-state index in [9.17, 15) is 9.18 Å². The van der Waals surface area contributed by atoms with Crippen molar-refractivity contribution in [2.75, 3.05) is 17.9 Å². The van der Waals surface area contributed by atoms with Gasteiger partial charge in [0.2, 0.25) is 11.1 Å². The van der Waals surface area contributed by atoms with Gasteiger partial charge in [-0.15, -0.1) is 10.2 Å². The Morgan fingerprint density at radius 1 is 1.03 bits per heavy atom. The van der Waals surface area contributed by atoms with E-state index >= 15 is 0 Å². The van der Waals surface area contributed by atoms with E-state index in [2.05, 4.69) is 20.9 Å². The summed E-state index contributed by atoms with van der Waals surface area (Å²) >= 11 is 1.25. The summed E-state index contributed by atoms with van der Waals surface area (Å²) in [6.07, 6.45) is 0. The highest BCUT2D eigenvalue weighted by molar-refractivity contribution is 8.00. The Bertz CT molecular complexity index is 1320. The van der Waals surface area contributed by atoms with Crippen LogP contribution in [0.5, 0.6) is 11.5 Å². The van der Waals surface area contributed by atoms with Crippen LogP contribution < -0.4 is 20.2 Å². The Kier molecular flexibility index (Phi) is 6.53. The van der Waals surface area contributed by atoms with Gasteiger partial charge < -0.3 is 20.2 Å². The number of aromatic nitrogens is 3. The molecule has 2 atom stereocenters. The number of methoxy groups -OCH3 is 1. The first kappa shape index (κ1) is 22.7. The molecule has 10 heteroatoms. The first-order valence-corrected chi connectivity index (χ1v) is 11.7. The molecule has 2 heterocycles. The average molecular weight is 492 g/mol. The van der Waals surface area contributed by atoms with Crippen LogP contribution in [0.1, 0.15) is 17.4 Å². The van der Waals surface area contributed by atoms with E-state index in [1.807, 2.05) is 54.6 Å². The second kappa shape index (κ2) is 10.1. The van der Waals surface area contributed by atoms with Crippen molar-refractivity contribution in [3.63, 3.8) is 0 Å². The molecular formula is C25H22FN5O3S. The number of carbonyl (C=O) groups is 1. The Morgan fingerprint density at radius 2 is 1.77 bits per heavy atom. The van der Waals surface area contributed by atoms with Gasteiger partial charge in [0.15, 0.2) is 5.82 Å². The molecule has 3 aromatic carbocycles. The first-order valence-electron chi connectivity index (χ1n) is 10.9. The summed E-state index contributed by atoms with van der Waals surface area (Å²) in [6.45, 7) is 0.187. The van der Waals surface area contributed by atoms with Crippen LogP contribution in [0.25, 0.3) is 0 Å². The number of nitrogens with zero attached hydrogens (tertiary/aromatic N) is 3. The van der Waals surface area contributed by atoms with Crippen molar-refractivity contribution in [2.24, 2.45) is 0 Å². The number of carbonyl (C=O) groups excluding carboxylic acids is 1. The SMILES string of the molecule is COc1ccc([C@H]2Nn3c(COc4ccccc4)nnc3S[C@H]2C(=O)Nc2ccccc2F)cc1. The summed E-state index contributed by atoms with van der Waals surface area (Å²) in [4.78, 5) is 13.3. The number of anilines is 1. The van der Waals surface area contributed by atoms with Crippen molar-refractivity contribution >= 4 is 23.4 Å². The van der Waals surface area contributed by atoms with Crippen LogP contribution in [-0.4, -0.2) is 33.1 Å². The zero-order valence-corrected chi connectivity index (χ0v) is 19.5. The minimum absolute atomic E-state index is 0.121. The number of para-hydroxylation sites is 2. The second-order valence-electron chi connectivity index (χ2n) is 7.72. The van der Waals surface area contributed by atoms with Gasteiger partial charge in [-0.1, -0.05) is 54.2 Å². The van der Waals surface area contributed by atoms with Crippen LogP contribution in [0.4, 0.5) is 10.1 Å². The highest BCUT2D eigenvalue weighted by Crippen LogP contribution is 2.38. The summed E-state index contributed by atoms with van der Waals surface area (Å²) in [6, 6.07) is 22.4. The highest BCUT2D eigenvalue weighted by atomic mass is 32.2. The number of ether oxygens (including phenoxy) is 2. The number of benzene rings is 3. The molecule has 0 unspecified atom stereocenters. The van der Waals surface area contributed by atoms with E-state index in [4.69, 9.17) is 9.47 Å². The normalized spacial score (nSPS) is 16.6. The Hall–Kier alpha value is -4.05. The fraction of sp³-hybridized carbons (Fsp3) is 0.160. The maximum absolute atomic E-state index is 14.2. The molecule has 4 aromatic rings. The number of nitrogens with one attached hydrogen (secondary N) is 2. The van der Waals surface area contributed by atoms with Gasteiger partial charge in [0.1, 0.15) is 29.2 Å². The second-order valence-corrected chi connectivity index (χ2v) is 8.83. The third-order valence-corrected chi connectivity index (χ3v) is 6.70. The van der Waals surface area contributed by atoms with Crippen molar-refractivity contribution in [1.29, 1.82) is 0 Å². The van der Waals surface area contributed by atoms with Gasteiger partial charge >= 0.3 is 0 Å². The first-order chi connectivity index (χ1) is 17.1. The van der Waals surface area contributed by atoms with E-state index < -0.39 is 17.1 Å². The lowest BCUT2D eigenvalue weighted by atomic mass is 10.0. The van der Waals surface area contributed by atoms with Crippen LogP contribution in [0.2, 0.25) is 0 Å². The van der Waals surface area contributed by atoms with Gasteiger partial charge in [0.25, 0.3) is 0 Å². The molecule has 5 rings (SSSR count). The van der Waals surface area contributed by atoms with Crippen LogP contribution in [-0.2, 0) is 11.4 Å². The van der Waals surface area contributed by atoms with Gasteiger partial charge in [-0.25, -0.2) is 9.07 Å². The predicted octanol–water partition coefficient (Wildman–Crippen LogP) is 4.40. The molecule has 0 spiro atoms. The molecular weight excluding hydrogens is 469 g/mol. The predicted molar refractivity (Wildman–Crippen MR) is 131 cm³/mol. The zero-order valence-electron chi connectivity index (χ0n) is 18.7. The molecule has 178 valence electrons. The van der Waals surface area contributed by atoms with E-state index in [1.165, 1.54) is 23.9 Å². The highest BCUT2D eigenvalue weighted by Gasteiger charge is 2.38. The van der Waals surface area contributed by atoms with Crippen LogP contribution >= 0.6 is 11.8 Å². The quantitative estimate of drug-likeness (QED) is 0.396. The number of hydrogen-bond donors (Lipinski definition) is 2. The number of amides is 1. The minimum Gasteiger partial charge on any atom is -0.497 e. The van der Waals surface area contributed by atoms with Crippen molar-refractivity contribution in [2.45, 2.75) is 23.1 Å². The van der Waals surface area contributed by atoms with Crippen molar-refractivity contribution in [1.82, 2.24) is 14.9 Å². The van der Waals surface area contributed by atoms with Crippen molar-refractivity contribution in [3.05, 3.63) is 96.1 Å². The summed E-state index contributed by atoms with van der Waals surface area (Å²) in [5.41, 5.74) is 4.33. The minimum atomic E-state index is -0.650. The van der Waals surface area contributed by atoms with Crippen molar-refractivity contribution < 1.29 is 18.7 Å². The van der Waals surface area contributed by atoms with Gasteiger partial charge in [0, 0.05) is 0 Å². The number of hydrogen-bond acceptors (Lipinski definition) is 7. The summed E-state index contributed by atoms with van der Waals surface area (Å²) in [5, 5.41) is 11.1. The van der Waals surface area contributed by atoms with Crippen LogP contribution in [0, 0.1) is 5.82 Å². The van der Waals surface area contributed by atoms with E-state index in [1.54, 1.807) is 23.9 Å². The molecule has 1 aliphatic heterocycles. The fourth-order valence-corrected chi connectivity index (χ4v) is 4.78. The zero-order chi connectivity index (χ0) is 24.2. The average Bonchev–Trinajstić information content (AvgIpc) is 3.30. The number of thioether (sulfide) groups is 1.